The van der Waals surface area contributed by atoms with Crippen molar-refractivity contribution >= 4 is 0 Å². The van der Waals surface area contributed by atoms with Crippen LogP contribution in [0.4, 0.5) is 0 Å². The van der Waals surface area contributed by atoms with Crippen LogP contribution >= 0.6 is 0 Å². The van der Waals surface area contributed by atoms with Crippen molar-refractivity contribution in [3.63, 3.8) is 0 Å². The zero-order valence-electron chi connectivity index (χ0n) is 11.2. The Kier molecular flexibility index (Phi) is 4.61. The number of piperidine rings is 1. The van der Waals surface area contributed by atoms with E-state index in [1.807, 2.05) is 31.2 Å². The monoisotopic (exact) mass is 249 g/mol. The highest BCUT2D eigenvalue weighted by Gasteiger charge is 2.26. The molecule has 3 atom stereocenters. The molecular formula is C15H23NO2. The van der Waals surface area contributed by atoms with Crippen LogP contribution in [0, 0.1) is 5.92 Å². The van der Waals surface area contributed by atoms with Crippen molar-refractivity contribution in [2.75, 3.05) is 13.2 Å². The minimum atomic E-state index is -0.451. The zero-order chi connectivity index (χ0) is 13.0. The number of aliphatic hydroxyl groups is 1. The van der Waals surface area contributed by atoms with Gasteiger partial charge in [0.2, 0.25) is 0 Å². The molecule has 3 heteroatoms. The van der Waals surface area contributed by atoms with Crippen LogP contribution in [0.15, 0.2) is 24.3 Å². The van der Waals surface area contributed by atoms with Crippen molar-refractivity contribution in [1.82, 2.24) is 5.32 Å². The molecule has 1 heterocycles. The maximum atomic E-state index is 10.4. The van der Waals surface area contributed by atoms with Crippen LogP contribution in [0.5, 0.6) is 5.75 Å². The fourth-order valence-corrected chi connectivity index (χ4v) is 2.58. The quantitative estimate of drug-likeness (QED) is 0.861. The molecule has 2 rings (SSSR count). The van der Waals surface area contributed by atoms with Gasteiger partial charge in [-0.15, -0.1) is 0 Å². The van der Waals surface area contributed by atoms with Crippen molar-refractivity contribution in [2.24, 2.45) is 5.92 Å². The van der Waals surface area contributed by atoms with Gasteiger partial charge in [-0.3, -0.25) is 0 Å². The van der Waals surface area contributed by atoms with Crippen molar-refractivity contribution < 1.29 is 9.84 Å². The average molecular weight is 249 g/mol. The van der Waals surface area contributed by atoms with Gasteiger partial charge in [0.1, 0.15) is 5.75 Å². The molecule has 0 spiro atoms. The maximum Gasteiger partial charge on any atom is 0.119 e. The van der Waals surface area contributed by atoms with E-state index in [4.69, 9.17) is 4.74 Å². The Morgan fingerprint density at radius 2 is 2.33 bits per heavy atom. The highest BCUT2D eigenvalue weighted by molar-refractivity contribution is 5.30. The molecule has 1 aliphatic rings. The standard InChI is InChI=1S/C15H23NO2/c1-3-18-13-6-4-5-12(10-13)15(17)14-9-11(2)7-8-16-14/h4-6,10-11,14-17H,3,7-9H2,1-2H3. The van der Waals surface area contributed by atoms with Gasteiger partial charge in [-0.1, -0.05) is 19.1 Å². The lowest BCUT2D eigenvalue weighted by Crippen LogP contribution is -2.41. The zero-order valence-corrected chi connectivity index (χ0v) is 11.2. The van der Waals surface area contributed by atoms with Crippen LogP contribution in [-0.2, 0) is 0 Å². The summed E-state index contributed by atoms with van der Waals surface area (Å²) in [7, 11) is 0. The van der Waals surface area contributed by atoms with E-state index in [-0.39, 0.29) is 6.04 Å². The molecule has 100 valence electrons. The number of nitrogens with one attached hydrogen (secondary N) is 1. The predicted molar refractivity (Wildman–Crippen MR) is 72.8 cm³/mol. The Hall–Kier alpha value is -1.06. The Morgan fingerprint density at radius 3 is 3.06 bits per heavy atom. The fraction of sp³-hybridized carbons (Fsp3) is 0.600. The highest BCUT2D eigenvalue weighted by Crippen LogP contribution is 2.27. The Bertz CT molecular complexity index is 381. The SMILES string of the molecule is CCOc1cccc(C(O)C2CC(C)CCN2)c1. The van der Waals surface area contributed by atoms with Crippen molar-refractivity contribution in [1.29, 1.82) is 0 Å². The second-order valence-electron chi connectivity index (χ2n) is 5.14. The van der Waals surface area contributed by atoms with E-state index in [0.717, 1.165) is 24.3 Å². The molecule has 3 unspecified atom stereocenters. The van der Waals surface area contributed by atoms with E-state index < -0.39 is 6.10 Å². The molecule has 0 bridgehead atoms. The van der Waals surface area contributed by atoms with Gasteiger partial charge in [0, 0.05) is 6.04 Å². The summed E-state index contributed by atoms with van der Waals surface area (Å²) in [6.45, 7) is 5.86. The van der Waals surface area contributed by atoms with Gasteiger partial charge >= 0.3 is 0 Å². The molecule has 1 saturated heterocycles. The lowest BCUT2D eigenvalue weighted by atomic mass is 9.89. The second-order valence-corrected chi connectivity index (χ2v) is 5.14. The molecule has 0 saturated carbocycles. The van der Waals surface area contributed by atoms with E-state index in [2.05, 4.69) is 12.2 Å². The summed E-state index contributed by atoms with van der Waals surface area (Å²) < 4.78 is 5.47. The molecule has 0 aromatic heterocycles. The summed E-state index contributed by atoms with van der Waals surface area (Å²) >= 11 is 0. The van der Waals surface area contributed by atoms with E-state index in [1.165, 1.54) is 6.42 Å². The Labute approximate surface area is 109 Å². The van der Waals surface area contributed by atoms with E-state index >= 15 is 0 Å². The number of benzene rings is 1. The van der Waals surface area contributed by atoms with Crippen LogP contribution < -0.4 is 10.1 Å². The highest BCUT2D eigenvalue weighted by atomic mass is 16.5. The molecule has 3 nitrogen and oxygen atoms in total. The van der Waals surface area contributed by atoms with E-state index in [0.29, 0.717) is 12.5 Å². The third-order valence-corrected chi connectivity index (χ3v) is 3.59. The molecule has 0 aliphatic carbocycles. The molecule has 1 aromatic rings. The second kappa shape index (κ2) is 6.21. The molecule has 18 heavy (non-hydrogen) atoms. The number of aliphatic hydroxyl groups excluding tert-OH is 1. The van der Waals surface area contributed by atoms with Crippen molar-refractivity contribution in [3.8, 4) is 5.75 Å². The average Bonchev–Trinajstić information content (AvgIpc) is 2.39. The van der Waals surface area contributed by atoms with Crippen molar-refractivity contribution in [3.05, 3.63) is 29.8 Å². The minimum absolute atomic E-state index is 0.158. The normalized spacial score (nSPS) is 25.7. The largest absolute Gasteiger partial charge is 0.494 e. The van der Waals surface area contributed by atoms with E-state index in [1.54, 1.807) is 0 Å². The number of hydrogen-bond donors (Lipinski definition) is 2. The maximum absolute atomic E-state index is 10.4. The lowest BCUT2D eigenvalue weighted by molar-refractivity contribution is 0.101. The van der Waals surface area contributed by atoms with E-state index in [9.17, 15) is 5.11 Å². The lowest BCUT2D eigenvalue weighted by Gasteiger charge is -2.32. The summed E-state index contributed by atoms with van der Waals surface area (Å²) in [5.74, 6) is 1.51. The van der Waals surface area contributed by atoms with Gasteiger partial charge in [0.25, 0.3) is 0 Å². The van der Waals surface area contributed by atoms with Crippen molar-refractivity contribution in [2.45, 2.75) is 38.8 Å². The van der Waals surface area contributed by atoms with Crippen LogP contribution in [0.2, 0.25) is 0 Å². The van der Waals surface area contributed by atoms with Crippen LogP contribution in [-0.4, -0.2) is 24.3 Å². The number of ether oxygens (including phenoxy) is 1. The van der Waals surface area contributed by atoms with Gasteiger partial charge in [-0.05, 0) is 49.9 Å². The molecule has 1 aromatic carbocycles. The number of rotatable bonds is 4. The smallest absolute Gasteiger partial charge is 0.119 e. The minimum Gasteiger partial charge on any atom is -0.494 e. The first-order valence-corrected chi connectivity index (χ1v) is 6.85. The predicted octanol–water partition coefficient (Wildman–Crippen LogP) is 2.51. The summed E-state index contributed by atoms with van der Waals surface area (Å²) in [5.41, 5.74) is 0.938. The van der Waals surface area contributed by atoms with Crippen LogP contribution in [0.25, 0.3) is 0 Å². The fourth-order valence-electron chi connectivity index (χ4n) is 2.58. The van der Waals surface area contributed by atoms with Gasteiger partial charge in [0.15, 0.2) is 0 Å². The number of hydrogen-bond acceptors (Lipinski definition) is 3. The molecule has 0 amide bonds. The molecule has 1 fully saturated rings. The molecule has 1 aliphatic heterocycles. The van der Waals surface area contributed by atoms with Crippen LogP contribution in [0.3, 0.4) is 0 Å². The van der Waals surface area contributed by atoms with Gasteiger partial charge in [-0.2, -0.15) is 0 Å². The van der Waals surface area contributed by atoms with Gasteiger partial charge in [-0.25, -0.2) is 0 Å². The summed E-state index contributed by atoms with van der Waals surface area (Å²) in [6, 6.07) is 7.93. The van der Waals surface area contributed by atoms with Gasteiger partial charge < -0.3 is 15.2 Å². The summed E-state index contributed by atoms with van der Waals surface area (Å²) in [6.07, 6.45) is 1.77. The first kappa shape index (κ1) is 13.4. The summed E-state index contributed by atoms with van der Waals surface area (Å²) in [5, 5.41) is 13.8. The molecule has 2 N–H and O–H groups in total. The van der Waals surface area contributed by atoms with Crippen LogP contribution in [0.1, 0.15) is 38.4 Å². The third-order valence-electron chi connectivity index (χ3n) is 3.59. The first-order valence-electron chi connectivity index (χ1n) is 6.85. The third kappa shape index (κ3) is 3.24. The van der Waals surface area contributed by atoms with Gasteiger partial charge in [0.05, 0.1) is 12.7 Å². The molecular weight excluding hydrogens is 226 g/mol. The molecule has 0 radical (unpaired) electrons. The first-order chi connectivity index (χ1) is 8.70. The Morgan fingerprint density at radius 1 is 1.50 bits per heavy atom. The summed E-state index contributed by atoms with van der Waals surface area (Å²) in [4.78, 5) is 0. The Balaban J connectivity index is 2.07. The topological polar surface area (TPSA) is 41.5 Å².